The predicted molar refractivity (Wildman–Crippen MR) is 79.5 cm³/mol. The number of benzene rings is 1. The van der Waals surface area contributed by atoms with Crippen LogP contribution in [0.3, 0.4) is 0 Å². The summed E-state index contributed by atoms with van der Waals surface area (Å²) in [5, 5.41) is 0.0222. The minimum atomic E-state index is -0.407. The molecule has 2 atom stereocenters. The molecular formula is C15H20ClFN2O2. The van der Waals surface area contributed by atoms with Crippen LogP contribution < -0.4 is 15.2 Å². The quantitative estimate of drug-likeness (QED) is 0.911. The van der Waals surface area contributed by atoms with E-state index in [1.807, 2.05) is 7.05 Å². The van der Waals surface area contributed by atoms with Gasteiger partial charge in [0.25, 0.3) is 0 Å². The fourth-order valence-corrected chi connectivity index (χ4v) is 3.40. The third kappa shape index (κ3) is 2.70. The van der Waals surface area contributed by atoms with Gasteiger partial charge in [0, 0.05) is 24.6 Å². The van der Waals surface area contributed by atoms with E-state index in [1.165, 1.54) is 0 Å². The number of fused-ring (bicyclic) bond motifs is 1. The molecule has 1 fully saturated rings. The number of hydrogen-bond donors (Lipinski definition) is 1. The van der Waals surface area contributed by atoms with Crippen LogP contribution in [0.2, 0.25) is 5.02 Å². The van der Waals surface area contributed by atoms with Gasteiger partial charge in [0.15, 0.2) is 17.3 Å². The second-order valence-corrected chi connectivity index (χ2v) is 6.14. The number of nitrogens with two attached hydrogens (primary N) is 1. The van der Waals surface area contributed by atoms with Crippen LogP contribution in [-0.2, 0) is 0 Å². The zero-order chi connectivity index (χ0) is 15.0. The van der Waals surface area contributed by atoms with Crippen molar-refractivity contribution in [1.82, 2.24) is 4.90 Å². The van der Waals surface area contributed by atoms with Crippen LogP contribution in [0.5, 0.6) is 11.5 Å². The van der Waals surface area contributed by atoms with Crippen molar-refractivity contribution in [1.29, 1.82) is 0 Å². The lowest BCUT2D eigenvalue weighted by atomic mass is 9.99. The summed E-state index contributed by atoms with van der Waals surface area (Å²) in [5.41, 5.74) is 6.32. The summed E-state index contributed by atoms with van der Waals surface area (Å²) in [4.78, 5) is 2.12. The molecule has 4 nitrogen and oxygen atoms in total. The summed E-state index contributed by atoms with van der Waals surface area (Å²) in [6, 6.07) is 1.72. The molecule has 1 saturated heterocycles. The Bertz CT molecular complexity index is 541. The van der Waals surface area contributed by atoms with Gasteiger partial charge in [0.05, 0.1) is 13.2 Å². The van der Waals surface area contributed by atoms with E-state index in [9.17, 15) is 4.39 Å². The maximum Gasteiger partial charge on any atom is 0.182 e. The Morgan fingerprint density at radius 1 is 1.43 bits per heavy atom. The first-order valence-electron chi connectivity index (χ1n) is 7.29. The summed E-state index contributed by atoms with van der Waals surface area (Å²) in [5.74, 6) is 0.842. The van der Waals surface area contributed by atoms with Gasteiger partial charge in [-0.2, -0.15) is 0 Å². The Kier molecular flexibility index (Phi) is 4.24. The molecule has 1 aromatic rings. The van der Waals surface area contributed by atoms with Gasteiger partial charge in [0.1, 0.15) is 5.02 Å². The van der Waals surface area contributed by atoms with Crippen molar-refractivity contribution < 1.29 is 13.9 Å². The van der Waals surface area contributed by atoms with E-state index < -0.39 is 5.82 Å². The average molecular weight is 315 g/mol. The second-order valence-electron chi connectivity index (χ2n) is 5.76. The lowest BCUT2D eigenvalue weighted by molar-refractivity contribution is 0.296. The predicted octanol–water partition coefficient (Wildman–Crippen LogP) is 2.59. The smallest absolute Gasteiger partial charge is 0.182 e. The van der Waals surface area contributed by atoms with E-state index in [0.29, 0.717) is 42.7 Å². The molecule has 0 radical (unpaired) electrons. The highest BCUT2D eigenvalue weighted by Gasteiger charge is 2.34. The molecule has 0 aromatic heterocycles. The molecular weight excluding hydrogens is 295 g/mol. The van der Waals surface area contributed by atoms with Gasteiger partial charge in [-0.15, -0.1) is 0 Å². The molecule has 21 heavy (non-hydrogen) atoms. The lowest BCUT2D eigenvalue weighted by Gasteiger charge is -2.22. The molecule has 0 amide bonds. The molecule has 0 aliphatic carbocycles. The third-order valence-corrected chi connectivity index (χ3v) is 4.61. The van der Waals surface area contributed by atoms with Crippen LogP contribution >= 0.6 is 11.6 Å². The highest BCUT2D eigenvalue weighted by molar-refractivity contribution is 6.32. The topological polar surface area (TPSA) is 47.7 Å². The fourth-order valence-electron chi connectivity index (χ4n) is 3.14. The van der Waals surface area contributed by atoms with E-state index in [-0.39, 0.29) is 11.1 Å². The first-order valence-corrected chi connectivity index (χ1v) is 7.67. The normalized spacial score (nSPS) is 25.9. The van der Waals surface area contributed by atoms with E-state index >= 15 is 0 Å². The zero-order valence-corrected chi connectivity index (χ0v) is 12.8. The van der Waals surface area contributed by atoms with Gasteiger partial charge in [-0.25, -0.2) is 4.39 Å². The van der Waals surface area contributed by atoms with Crippen LogP contribution in [0.15, 0.2) is 6.07 Å². The first-order chi connectivity index (χ1) is 10.1. The van der Waals surface area contributed by atoms with Gasteiger partial charge in [-0.1, -0.05) is 11.6 Å². The van der Waals surface area contributed by atoms with Gasteiger partial charge >= 0.3 is 0 Å². The van der Waals surface area contributed by atoms with Crippen LogP contribution in [0.4, 0.5) is 4.39 Å². The molecule has 2 aliphatic rings. The van der Waals surface area contributed by atoms with E-state index in [1.54, 1.807) is 6.07 Å². The first kappa shape index (κ1) is 14.9. The second kappa shape index (κ2) is 5.99. The Hall–Kier alpha value is -1.04. The van der Waals surface area contributed by atoms with Crippen molar-refractivity contribution in [3.63, 3.8) is 0 Å². The maximum absolute atomic E-state index is 14.7. The van der Waals surface area contributed by atoms with E-state index in [0.717, 1.165) is 19.4 Å². The van der Waals surface area contributed by atoms with Gasteiger partial charge in [0.2, 0.25) is 0 Å². The molecule has 1 aromatic carbocycles. The van der Waals surface area contributed by atoms with Crippen LogP contribution in [0.1, 0.15) is 24.4 Å². The molecule has 6 heteroatoms. The Balaban J connectivity index is 1.99. The minimum Gasteiger partial charge on any atom is -0.489 e. The summed E-state index contributed by atoms with van der Waals surface area (Å²) >= 11 is 6.16. The van der Waals surface area contributed by atoms with Gasteiger partial charge in [-0.05, 0) is 32.0 Å². The number of nitrogens with zero attached hydrogens (tertiary/aromatic N) is 1. The highest BCUT2D eigenvalue weighted by atomic mass is 35.5. The standard InChI is InChI=1S/C15H20ClFN2O2/c1-19-8-9(7-18)5-11(19)10-6-12-15(13(16)14(10)17)21-4-2-3-20-12/h6,9,11H,2-5,7-8,18H2,1H3. The SMILES string of the molecule is CN1CC(CN)CC1c1cc2c(c(Cl)c1F)OCCCO2. The Labute approximate surface area is 128 Å². The molecule has 0 saturated carbocycles. The van der Waals surface area contributed by atoms with Crippen molar-refractivity contribution >= 4 is 11.6 Å². The Morgan fingerprint density at radius 3 is 2.90 bits per heavy atom. The van der Waals surface area contributed by atoms with E-state index in [2.05, 4.69) is 4.90 Å². The average Bonchev–Trinajstić information content (AvgIpc) is 2.70. The number of halogens is 2. The molecule has 2 N–H and O–H groups in total. The van der Waals surface area contributed by atoms with Gasteiger partial charge in [-0.3, -0.25) is 4.90 Å². The minimum absolute atomic E-state index is 0.0202. The summed E-state index contributed by atoms with van der Waals surface area (Å²) in [6.45, 7) is 2.53. The largest absolute Gasteiger partial charge is 0.489 e. The number of ether oxygens (including phenoxy) is 2. The molecule has 2 heterocycles. The number of rotatable bonds is 2. The maximum atomic E-state index is 14.7. The third-order valence-electron chi connectivity index (χ3n) is 4.28. The molecule has 2 aliphatic heterocycles. The molecule has 3 rings (SSSR count). The summed E-state index contributed by atoms with van der Waals surface area (Å²) in [7, 11) is 1.98. The van der Waals surface area contributed by atoms with E-state index in [4.69, 9.17) is 26.8 Å². The molecule has 2 unspecified atom stereocenters. The molecule has 116 valence electrons. The van der Waals surface area contributed by atoms with Crippen molar-refractivity contribution in [3.8, 4) is 11.5 Å². The van der Waals surface area contributed by atoms with Crippen molar-refractivity contribution in [2.45, 2.75) is 18.9 Å². The summed E-state index contributed by atoms with van der Waals surface area (Å²) in [6.07, 6.45) is 1.60. The number of likely N-dealkylation sites (tertiary alicyclic amines) is 1. The van der Waals surface area contributed by atoms with Crippen molar-refractivity contribution in [3.05, 3.63) is 22.5 Å². The summed E-state index contributed by atoms with van der Waals surface area (Å²) < 4.78 is 25.8. The van der Waals surface area contributed by atoms with Crippen molar-refractivity contribution in [2.75, 3.05) is 33.4 Å². The van der Waals surface area contributed by atoms with Crippen LogP contribution in [0.25, 0.3) is 0 Å². The molecule has 0 bridgehead atoms. The lowest BCUT2D eigenvalue weighted by Crippen LogP contribution is -2.21. The molecule has 0 spiro atoms. The van der Waals surface area contributed by atoms with Crippen molar-refractivity contribution in [2.24, 2.45) is 11.7 Å². The van der Waals surface area contributed by atoms with Crippen LogP contribution in [0, 0.1) is 11.7 Å². The van der Waals surface area contributed by atoms with Crippen LogP contribution in [-0.4, -0.2) is 38.3 Å². The number of hydrogen-bond acceptors (Lipinski definition) is 4. The zero-order valence-electron chi connectivity index (χ0n) is 12.1. The van der Waals surface area contributed by atoms with Gasteiger partial charge < -0.3 is 15.2 Å². The monoisotopic (exact) mass is 314 g/mol. The highest BCUT2D eigenvalue weighted by Crippen LogP contribution is 2.45. The Morgan fingerprint density at radius 2 is 2.19 bits per heavy atom. The fraction of sp³-hybridized carbons (Fsp3) is 0.600.